The molecule has 4 aliphatic rings. The molecule has 0 N–H and O–H groups in total. The number of ether oxygens (including phenoxy) is 1. The SMILES string of the molecule is O=C(CCN1C(=O)[C@H]2CCCC[C@@H]2C1=O)N1CCOC2(CCCCCC2)C1. The second-order valence-corrected chi connectivity index (χ2v) is 8.84. The van der Waals surface area contributed by atoms with Crippen molar-refractivity contribution in [1.29, 1.82) is 0 Å². The smallest absolute Gasteiger partial charge is 0.233 e. The summed E-state index contributed by atoms with van der Waals surface area (Å²) in [5, 5.41) is 0. The van der Waals surface area contributed by atoms with Gasteiger partial charge in [-0.1, -0.05) is 38.5 Å². The van der Waals surface area contributed by atoms with E-state index in [-0.39, 0.29) is 48.1 Å². The molecule has 4 rings (SSSR count). The molecule has 6 heteroatoms. The summed E-state index contributed by atoms with van der Waals surface area (Å²) in [6.45, 7) is 2.12. The van der Waals surface area contributed by atoms with E-state index < -0.39 is 0 Å². The van der Waals surface area contributed by atoms with Crippen LogP contribution in [0.2, 0.25) is 0 Å². The molecule has 27 heavy (non-hydrogen) atoms. The Labute approximate surface area is 161 Å². The molecule has 2 aliphatic heterocycles. The number of amides is 3. The van der Waals surface area contributed by atoms with Gasteiger partial charge in [0.25, 0.3) is 0 Å². The molecular formula is C21H32N2O4. The van der Waals surface area contributed by atoms with E-state index in [1.165, 1.54) is 30.6 Å². The van der Waals surface area contributed by atoms with Gasteiger partial charge in [0.15, 0.2) is 0 Å². The molecule has 2 atom stereocenters. The summed E-state index contributed by atoms with van der Waals surface area (Å²) in [5.74, 6) is -0.283. The van der Waals surface area contributed by atoms with Gasteiger partial charge in [-0.25, -0.2) is 0 Å². The lowest BCUT2D eigenvalue weighted by Gasteiger charge is -2.42. The maximum absolute atomic E-state index is 12.8. The fourth-order valence-electron chi connectivity index (χ4n) is 5.55. The fourth-order valence-corrected chi connectivity index (χ4v) is 5.55. The monoisotopic (exact) mass is 376 g/mol. The van der Waals surface area contributed by atoms with E-state index in [0.717, 1.165) is 38.5 Å². The van der Waals surface area contributed by atoms with E-state index in [4.69, 9.17) is 4.74 Å². The molecule has 2 saturated carbocycles. The molecule has 0 aromatic heterocycles. The topological polar surface area (TPSA) is 66.9 Å². The zero-order valence-corrected chi connectivity index (χ0v) is 16.3. The van der Waals surface area contributed by atoms with E-state index in [2.05, 4.69) is 0 Å². The van der Waals surface area contributed by atoms with Crippen molar-refractivity contribution in [2.75, 3.05) is 26.2 Å². The van der Waals surface area contributed by atoms with Crippen LogP contribution in [0.4, 0.5) is 0 Å². The predicted molar refractivity (Wildman–Crippen MR) is 99.8 cm³/mol. The number of hydrogen-bond acceptors (Lipinski definition) is 4. The molecule has 0 aromatic carbocycles. The molecule has 1 spiro atoms. The number of nitrogens with zero attached hydrogens (tertiary/aromatic N) is 2. The third-order valence-electron chi connectivity index (χ3n) is 7.10. The molecular weight excluding hydrogens is 344 g/mol. The normalized spacial score (nSPS) is 31.1. The van der Waals surface area contributed by atoms with Gasteiger partial charge >= 0.3 is 0 Å². The first-order valence-electron chi connectivity index (χ1n) is 10.9. The summed E-state index contributed by atoms with van der Waals surface area (Å²) in [6.07, 6.45) is 10.9. The van der Waals surface area contributed by atoms with Gasteiger partial charge < -0.3 is 9.64 Å². The summed E-state index contributed by atoms with van der Waals surface area (Å²) in [4.78, 5) is 41.3. The highest BCUT2D eigenvalue weighted by atomic mass is 16.5. The predicted octanol–water partition coefficient (Wildman–Crippen LogP) is 2.50. The zero-order valence-electron chi connectivity index (χ0n) is 16.3. The number of morpholine rings is 1. The van der Waals surface area contributed by atoms with Crippen LogP contribution in [0.15, 0.2) is 0 Å². The minimum absolute atomic E-state index is 0.0419. The molecule has 4 fully saturated rings. The lowest BCUT2D eigenvalue weighted by Crippen LogP contribution is -2.53. The van der Waals surface area contributed by atoms with Crippen LogP contribution < -0.4 is 0 Å². The number of fused-ring (bicyclic) bond motifs is 1. The van der Waals surface area contributed by atoms with Gasteiger partial charge in [-0.3, -0.25) is 19.3 Å². The van der Waals surface area contributed by atoms with Crippen molar-refractivity contribution in [3.63, 3.8) is 0 Å². The van der Waals surface area contributed by atoms with Gasteiger partial charge in [-0.15, -0.1) is 0 Å². The van der Waals surface area contributed by atoms with E-state index in [1.807, 2.05) is 4.90 Å². The fraction of sp³-hybridized carbons (Fsp3) is 0.857. The second kappa shape index (κ2) is 7.90. The maximum atomic E-state index is 12.8. The molecule has 0 aromatic rings. The van der Waals surface area contributed by atoms with Crippen LogP contribution in [0.3, 0.4) is 0 Å². The first-order valence-corrected chi connectivity index (χ1v) is 10.9. The highest BCUT2D eigenvalue weighted by molar-refractivity contribution is 6.05. The minimum atomic E-state index is -0.168. The molecule has 2 heterocycles. The average Bonchev–Trinajstić information content (AvgIpc) is 2.82. The number of likely N-dealkylation sites (tertiary alicyclic amines) is 1. The number of rotatable bonds is 3. The molecule has 150 valence electrons. The van der Waals surface area contributed by atoms with Crippen molar-refractivity contribution in [3.05, 3.63) is 0 Å². The Morgan fingerprint density at radius 2 is 1.59 bits per heavy atom. The Morgan fingerprint density at radius 3 is 2.22 bits per heavy atom. The molecule has 3 amide bonds. The largest absolute Gasteiger partial charge is 0.371 e. The molecule has 0 bridgehead atoms. The second-order valence-electron chi connectivity index (χ2n) is 8.84. The number of carbonyl (C=O) groups excluding carboxylic acids is 3. The maximum Gasteiger partial charge on any atom is 0.233 e. The Kier molecular flexibility index (Phi) is 5.53. The van der Waals surface area contributed by atoms with E-state index in [1.54, 1.807) is 0 Å². The standard InChI is InChI=1S/C21H32N2O4/c24-18(22-13-14-27-21(15-22)10-5-1-2-6-11-21)9-12-23-19(25)16-7-3-4-8-17(16)20(23)26/h16-17H,1-15H2/t16-,17-/m0/s1. The van der Waals surface area contributed by atoms with Crippen LogP contribution in [0.25, 0.3) is 0 Å². The summed E-state index contributed by atoms with van der Waals surface area (Å²) in [7, 11) is 0. The van der Waals surface area contributed by atoms with Gasteiger partial charge in [0.1, 0.15) is 0 Å². The third-order valence-corrected chi connectivity index (χ3v) is 7.10. The van der Waals surface area contributed by atoms with Gasteiger partial charge in [-0.05, 0) is 25.7 Å². The lowest BCUT2D eigenvalue weighted by molar-refractivity contribution is -0.153. The minimum Gasteiger partial charge on any atom is -0.371 e. The van der Waals surface area contributed by atoms with Crippen LogP contribution in [0.5, 0.6) is 0 Å². The van der Waals surface area contributed by atoms with Crippen LogP contribution in [-0.2, 0) is 19.1 Å². The Balaban J connectivity index is 1.34. The highest BCUT2D eigenvalue weighted by Crippen LogP contribution is 2.38. The van der Waals surface area contributed by atoms with Crippen LogP contribution in [0, 0.1) is 11.8 Å². The van der Waals surface area contributed by atoms with Gasteiger partial charge in [0.2, 0.25) is 17.7 Å². The third kappa shape index (κ3) is 3.78. The number of imide groups is 1. The van der Waals surface area contributed by atoms with Crippen LogP contribution >= 0.6 is 0 Å². The van der Waals surface area contributed by atoms with E-state index >= 15 is 0 Å². The molecule has 6 nitrogen and oxygen atoms in total. The molecule has 2 saturated heterocycles. The first kappa shape index (κ1) is 18.9. The highest BCUT2D eigenvalue weighted by Gasteiger charge is 2.48. The summed E-state index contributed by atoms with van der Waals surface area (Å²) in [6, 6.07) is 0. The van der Waals surface area contributed by atoms with Crippen LogP contribution in [0.1, 0.15) is 70.6 Å². The summed E-state index contributed by atoms with van der Waals surface area (Å²) < 4.78 is 6.13. The first-order chi connectivity index (χ1) is 13.1. The van der Waals surface area contributed by atoms with Crippen LogP contribution in [-0.4, -0.2) is 59.4 Å². The quantitative estimate of drug-likeness (QED) is 0.710. The van der Waals surface area contributed by atoms with Crippen molar-refractivity contribution >= 4 is 17.7 Å². The summed E-state index contributed by atoms with van der Waals surface area (Å²) >= 11 is 0. The Morgan fingerprint density at radius 1 is 0.963 bits per heavy atom. The van der Waals surface area contributed by atoms with Gasteiger partial charge in [0.05, 0.1) is 24.0 Å². The molecule has 0 radical (unpaired) electrons. The van der Waals surface area contributed by atoms with E-state index in [0.29, 0.717) is 19.7 Å². The molecule has 0 unspecified atom stereocenters. The zero-order chi connectivity index (χ0) is 18.9. The number of hydrogen-bond donors (Lipinski definition) is 0. The Hall–Kier alpha value is -1.43. The lowest BCUT2D eigenvalue weighted by atomic mass is 9.81. The summed E-state index contributed by atoms with van der Waals surface area (Å²) in [5.41, 5.74) is -0.168. The number of carbonyl (C=O) groups is 3. The van der Waals surface area contributed by atoms with Crippen molar-refractivity contribution < 1.29 is 19.1 Å². The average molecular weight is 376 g/mol. The van der Waals surface area contributed by atoms with Crippen molar-refractivity contribution in [1.82, 2.24) is 9.80 Å². The van der Waals surface area contributed by atoms with Gasteiger partial charge in [-0.2, -0.15) is 0 Å². The van der Waals surface area contributed by atoms with E-state index in [9.17, 15) is 14.4 Å². The van der Waals surface area contributed by atoms with Crippen molar-refractivity contribution in [2.45, 2.75) is 76.2 Å². The van der Waals surface area contributed by atoms with Gasteiger partial charge in [0, 0.05) is 26.1 Å². The van der Waals surface area contributed by atoms with Crippen molar-refractivity contribution in [3.8, 4) is 0 Å². The Bertz CT molecular complexity index is 573. The molecule has 2 aliphatic carbocycles. The van der Waals surface area contributed by atoms with Crippen molar-refractivity contribution in [2.24, 2.45) is 11.8 Å².